The van der Waals surface area contributed by atoms with Crippen molar-refractivity contribution >= 4 is 5.91 Å². The van der Waals surface area contributed by atoms with Gasteiger partial charge in [0.1, 0.15) is 12.0 Å². The summed E-state index contributed by atoms with van der Waals surface area (Å²) >= 11 is 0. The summed E-state index contributed by atoms with van der Waals surface area (Å²) < 4.78 is 5.02. The number of nitrogens with zero attached hydrogens (tertiary/aromatic N) is 3. The predicted molar refractivity (Wildman–Crippen MR) is 48.7 cm³/mol. The van der Waals surface area contributed by atoms with Crippen LogP contribution in [0.4, 0.5) is 0 Å². The number of carbonyl (C=O) groups excluding carboxylic acids is 1. The van der Waals surface area contributed by atoms with E-state index in [2.05, 4.69) is 9.97 Å². The topological polar surface area (TPSA) is 55.3 Å². The predicted octanol–water partition coefficient (Wildman–Crippen LogP) is -0.0526. The number of hydrogen-bond donors (Lipinski definition) is 0. The lowest BCUT2D eigenvalue weighted by atomic mass is 10.2. The third-order valence-electron chi connectivity index (χ3n) is 2.29. The zero-order chi connectivity index (χ0) is 9.97. The van der Waals surface area contributed by atoms with E-state index in [0.717, 1.165) is 0 Å². The molecular formula is C9H11N3O2. The first kappa shape index (κ1) is 9.08. The van der Waals surface area contributed by atoms with Crippen LogP contribution in [0.5, 0.6) is 0 Å². The molecule has 74 valence electrons. The molecule has 14 heavy (non-hydrogen) atoms. The van der Waals surface area contributed by atoms with E-state index >= 15 is 0 Å². The van der Waals surface area contributed by atoms with Crippen LogP contribution in [-0.4, -0.2) is 47.1 Å². The average Bonchev–Trinajstić information content (AvgIpc) is 2.15. The van der Waals surface area contributed by atoms with Crippen molar-refractivity contribution in [2.75, 3.05) is 20.3 Å². The van der Waals surface area contributed by atoms with E-state index in [-0.39, 0.29) is 11.9 Å². The molecule has 0 aromatic carbocycles. The van der Waals surface area contributed by atoms with E-state index in [1.165, 1.54) is 6.33 Å². The van der Waals surface area contributed by atoms with E-state index in [1.54, 1.807) is 24.2 Å². The van der Waals surface area contributed by atoms with Gasteiger partial charge in [0.05, 0.1) is 19.3 Å². The summed E-state index contributed by atoms with van der Waals surface area (Å²) in [6.07, 6.45) is 2.93. The van der Waals surface area contributed by atoms with Crippen molar-refractivity contribution in [3.05, 3.63) is 24.3 Å². The minimum atomic E-state index is -0.0827. The molecule has 1 fully saturated rings. The lowest BCUT2D eigenvalue weighted by molar-refractivity contribution is -0.0469. The maximum Gasteiger partial charge on any atom is 0.272 e. The Morgan fingerprint density at radius 2 is 2.43 bits per heavy atom. The third kappa shape index (κ3) is 1.58. The van der Waals surface area contributed by atoms with Crippen molar-refractivity contribution in [2.45, 2.75) is 6.04 Å². The first-order valence-electron chi connectivity index (χ1n) is 4.40. The molecule has 0 radical (unpaired) electrons. The highest BCUT2D eigenvalue weighted by molar-refractivity contribution is 5.92. The van der Waals surface area contributed by atoms with Gasteiger partial charge in [-0.05, 0) is 6.07 Å². The fourth-order valence-corrected chi connectivity index (χ4v) is 1.21. The second-order valence-electron chi connectivity index (χ2n) is 3.20. The van der Waals surface area contributed by atoms with E-state index < -0.39 is 0 Å². The molecule has 0 saturated carbocycles. The molecule has 5 heteroatoms. The van der Waals surface area contributed by atoms with Crippen molar-refractivity contribution < 1.29 is 9.53 Å². The van der Waals surface area contributed by atoms with Crippen LogP contribution in [0.25, 0.3) is 0 Å². The number of ether oxygens (including phenoxy) is 1. The molecule has 1 saturated heterocycles. The van der Waals surface area contributed by atoms with Crippen molar-refractivity contribution in [3.8, 4) is 0 Å². The highest BCUT2D eigenvalue weighted by Crippen LogP contribution is 2.10. The Morgan fingerprint density at radius 1 is 1.64 bits per heavy atom. The number of aromatic nitrogens is 2. The summed E-state index contributed by atoms with van der Waals surface area (Å²) in [5, 5.41) is 0. The smallest absolute Gasteiger partial charge is 0.272 e. The van der Waals surface area contributed by atoms with Crippen LogP contribution < -0.4 is 0 Å². The maximum absolute atomic E-state index is 11.8. The van der Waals surface area contributed by atoms with Gasteiger partial charge in [-0.15, -0.1) is 0 Å². The van der Waals surface area contributed by atoms with Crippen LogP contribution in [0.1, 0.15) is 10.5 Å². The Morgan fingerprint density at radius 3 is 2.93 bits per heavy atom. The largest absolute Gasteiger partial charge is 0.377 e. The molecule has 0 aliphatic carbocycles. The normalized spacial score (nSPS) is 16.1. The molecule has 0 unspecified atom stereocenters. The number of carbonyl (C=O) groups is 1. The first-order chi connectivity index (χ1) is 6.79. The number of hydrogen-bond acceptors (Lipinski definition) is 4. The van der Waals surface area contributed by atoms with Crippen LogP contribution >= 0.6 is 0 Å². The van der Waals surface area contributed by atoms with Gasteiger partial charge < -0.3 is 9.64 Å². The zero-order valence-corrected chi connectivity index (χ0v) is 7.88. The standard InChI is InChI=1S/C9H11N3O2/c1-12(7-4-14-5-7)9(13)8-2-3-10-6-11-8/h2-3,6-7H,4-5H2,1H3. The third-order valence-corrected chi connectivity index (χ3v) is 2.29. The molecule has 1 aliphatic heterocycles. The Bertz CT molecular complexity index is 324. The molecule has 2 rings (SSSR count). The van der Waals surface area contributed by atoms with Gasteiger partial charge in [0.15, 0.2) is 0 Å². The van der Waals surface area contributed by atoms with Gasteiger partial charge >= 0.3 is 0 Å². The maximum atomic E-state index is 11.8. The highest BCUT2D eigenvalue weighted by atomic mass is 16.5. The second kappa shape index (κ2) is 3.71. The molecule has 5 nitrogen and oxygen atoms in total. The van der Waals surface area contributed by atoms with E-state index in [1.807, 2.05) is 0 Å². The molecule has 1 aliphatic rings. The summed E-state index contributed by atoms with van der Waals surface area (Å²) in [6.45, 7) is 1.24. The van der Waals surface area contributed by atoms with Crippen LogP contribution in [0.2, 0.25) is 0 Å². The van der Waals surface area contributed by atoms with E-state index in [0.29, 0.717) is 18.9 Å². The van der Waals surface area contributed by atoms with Gasteiger partial charge in [-0.3, -0.25) is 4.79 Å². The van der Waals surface area contributed by atoms with Gasteiger partial charge in [0.25, 0.3) is 5.91 Å². The van der Waals surface area contributed by atoms with Crippen LogP contribution in [-0.2, 0) is 4.74 Å². The monoisotopic (exact) mass is 193 g/mol. The molecule has 0 atom stereocenters. The van der Waals surface area contributed by atoms with Gasteiger partial charge in [-0.25, -0.2) is 9.97 Å². The van der Waals surface area contributed by atoms with Gasteiger partial charge in [-0.2, -0.15) is 0 Å². The molecule has 1 aromatic rings. The lowest BCUT2D eigenvalue weighted by Gasteiger charge is -2.34. The Hall–Kier alpha value is -1.49. The van der Waals surface area contributed by atoms with E-state index in [9.17, 15) is 4.79 Å². The molecule has 0 bridgehead atoms. The molecule has 0 spiro atoms. The summed E-state index contributed by atoms with van der Waals surface area (Å²) in [5.74, 6) is -0.0827. The first-order valence-corrected chi connectivity index (χ1v) is 4.40. The van der Waals surface area contributed by atoms with Crippen molar-refractivity contribution in [3.63, 3.8) is 0 Å². The summed E-state index contributed by atoms with van der Waals surface area (Å²) in [6, 6.07) is 1.80. The minimum absolute atomic E-state index is 0.0827. The van der Waals surface area contributed by atoms with Crippen molar-refractivity contribution in [1.82, 2.24) is 14.9 Å². The van der Waals surface area contributed by atoms with Crippen molar-refractivity contribution in [2.24, 2.45) is 0 Å². The number of amides is 1. The molecular weight excluding hydrogens is 182 g/mol. The van der Waals surface area contributed by atoms with Crippen LogP contribution in [0.3, 0.4) is 0 Å². The molecule has 1 amide bonds. The minimum Gasteiger partial charge on any atom is -0.377 e. The SMILES string of the molecule is CN(C(=O)c1ccncn1)C1COC1. The highest BCUT2D eigenvalue weighted by Gasteiger charge is 2.27. The summed E-state index contributed by atoms with van der Waals surface area (Å²) in [4.78, 5) is 21.1. The summed E-state index contributed by atoms with van der Waals surface area (Å²) in [5.41, 5.74) is 0.425. The van der Waals surface area contributed by atoms with Crippen LogP contribution in [0.15, 0.2) is 18.6 Å². The molecule has 0 N–H and O–H groups in total. The van der Waals surface area contributed by atoms with Crippen LogP contribution in [0, 0.1) is 0 Å². The second-order valence-corrected chi connectivity index (χ2v) is 3.20. The summed E-state index contributed by atoms with van der Waals surface area (Å²) in [7, 11) is 1.76. The van der Waals surface area contributed by atoms with Gasteiger partial charge in [0.2, 0.25) is 0 Å². The Labute approximate surface area is 81.7 Å². The van der Waals surface area contributed by atoms with Crippen molar-refractivity contribution in [1.29, 1.82) is 0 Å². The number of likely N-dealkylation sites (N-methyl/N-ethyl adjacent to an activating group) is 1. The fraction of sp³-hybridized carbons (Fsp3) is 0.444. The quantitative estimate of drug-likeness (QED) is 0.660. The lowest BCUT2D eigenvalue weighted by Crippen LogP contribution is -2.49. The van der Waals surface area contributed by atoms with E-state index in [4.69, 9.17) is 4.74 Å². The van der Waals surface area contributed by atoms with Gasteiger partial charge in [0, 0.05) is 13.2 Å². The van der Waals surface area contributed by atoms with Gasteiger partial charge in [-0.1, -0.05) is 0 Å². The average molecular weight is 193 g/mol. The Balaban J connectivity index is 2.07. The Kier molecular flexibility index (Phi) is 2.41. The molecule has 2 heterocycles. The fourth-order valence-electron chi connectivity index (χ4n) is 1.21. The zero-order valence-electron chi connectivity index (χ0n) is 7.88. The molecule has 1 aromatic heterocycles. The number of rotatable bonds is 2.